The molecule has 104 valence electrons. The molecule has 0 spiro atoms. The molecule has 0 unspecified atom stereocenters. The number of fused-ring (bicyclic) bond motifs is 1. The zero-order chi connectivity index (χ0) is 14.8. The third-order valence-electron chi connectivity index (χ3n) is 2.75. The van der Waals surface area contributed by atoms with Gasteiger partial charge in [-0.1, -0.05) is 18.2 Å². The summed E-state index contributed by atoms with van der Waals surface area (Å²) in [6.07, 6.45) is 4.53. The van der Waals surface area contributed by atoms with Crippen LogP contribution >= 0.6 is 22.6 Å². The van der Waals surface area contributed by atoms with Crippen LogP contribution in [0.3, 0.4) is 0 Å². The lowest BCUT2D eigenvalue weighted by Gasteiger charge is -2.09. The Labute approximate surface area is 133 Å². The summed E-state index contributed by atoms with van der Waals surface area (Å²) >= 11 is 2.07. The van der Waals surface area contributed by atoms with Crippen molar-refractivity contribution in [3.05, 3.63) is 52.0 Å². The van der Waals surface area contributed by atoms with Crippen LogP contribution in [0.2, 0.25) is 0 Å². The van der Waals surface area contributed by atoms with E-state index >= 15 is 0 Å². The van der Waals surface area contributed by atoms with Gasteiger partial charge in [-0.25, -0.2) is 14.8 Å². The maximum Gasteiger partial charge on any atom is 0.340 e. The highest BCUT2D eigenvalue weighted by atomic mass is 127. The van der Waals surface area contributed by atoms with Crippen molar-refractivity contribution in [2.45, 2.75) is 0 Å². The normalized spacial score (nSPS) is 10.5. The number of para-hydroxylation sites is 1. The van der Waals surface area contributed by atoms with E-state index in [1.807, 2.05) is 0 Å². The summed E-state index contributed by atoms with van der Waals surface area (Å²) in [6, 6.07) is 7.06. The molecular formula is C14H8IN3O3. The first-order valence-electron chi connectivity index (χ1n) is 5.91. The number of carboxylic acid groups (broad SMARTS) is 1. The lowest BCUT2D eigenvalue weighted by molar-refractivity contribution is 0.0696. The minimum Gasteiger partial charge on any atom is -0.478 e. The lowest BCUT2D eigenvalue weighted by atomic mass is 10.1. The van der Waals surface area contributed by atoms with Crippen molar-refractivity contribution in [3.63, 3.8) is 0 Å². The molecule has 3 rings (SSSR count). The van der Waals surface area contributed by atoms with E-state index in [9.17, 15) is 9.90 Å². The molecule has 0 atom stereocenters. The third-order valence-corrected chi connectivity index (χ3v) is 3.31. The van der Waals surface area contributed by atoms with Gasteiger partial charge in [-0.05, 0) is 28.7 Å². The molecule has 1 N–H and O–H groups in total. The van der Waals surface area contributed by atoms with E-state index in [0.717, 1.165) is 3.57 Å². The summed E-state index contributed by atoms with van der Waals surface area (Å²) in [7, 11) is 0. The number of ether oxygens (including phenoxy) is 1. The Bertz CT molecular complexity index is 821. The summed E-state index contributed by atoms with van der Waals surface area (Å²) < 4.78 is 6.32. The highest BCUT2D eigenvalue weighted by Crippen LogP contribution is 2.28. The van der Waals surface area contributed by atoms with Gasteiger partial charge >= 0.3 is 12.0 Å². The van der Waals surface area contributed by atoms with E-state index < -0.39 is 5.97 Å². The molecule has 0 saturated carbocycles. The van der Waals surface area contributed by atoms with E-state index in [1.165, 1.54) is 6.20 Å². The Morgan fingerprint density at radius 3 is 2.52 bits per heavy atom. The number of benzene rings is 1. The van der Waals surface area contributed by atoms with Crippen molar-refractivity contribution in [2.75, 3.05) is 0 Å². The van der Waals surface area contributed by atoms with E-state index in [0.29, 0.717) is 10.9 Å². The van der Waals surface area contributed by atoms with Crippen LogP contribution in [0.25, 0.3) is 10.9 Å². The first-order chi connectivity index (χ1) is 10.1. The zero-order valence-corrected chi connectivity index (χ0v) is 12.7. The Morgan fingerprint density at radius 2 is 1.81 bits per heavy atom. The predicted molar refractivity (Wildman–Crippen MR) is 83.5 cm³/mol. The van der Waals surface area contributed by atoms with Gasteiger partial charge in [-0.2, -0.15) is 0 Å². The molecule has 0 saturated heterocycles. The maximum atomic E-state index is 11.5. The fourth-order valence-electron chi connectivity index (χ4n) is 1.87. The number of rotatable bonds is 3. The molecule has 7 heteroatoms. The topological polar surface area (TPSA) is 85.2 Å². The van der Waals surface area contributed by atoms with Gasteiger partial charge in [0.15, 0.2) is 5.75 Å². The van der Waals surface area contributed by atoms with Crippen LogP contribution in [-0.2, 0) is 0 Å². The molecule has 1 aromatic carbocycles. The molecule has 2 heterocycles. The summed E-state index contributed by atoms with van der Waals surface area (Å²) in [5, 5.41) is 9.94. The van der Waals surface area contributed by atoms with Crippen LogP contribution < -0.4 is 4.74 Å². The van der Waals surface area contributed by atoms with Crippen LogP contribution in [0.4, 0.5) is 0 Å². The Morgan fingerprint density at radius 1 is 1.10 bits per heavy atom. The van der Waals surface area contributed by atoms with E-state index in [4.69, 9.17) is 4.74 Å². The van der Waals surface area contributed by atoms with Gasteiger partial charge in [0, 0.05) is 21.4 Å². The molecule has 0 bridgehead atoms. The Hall–Kier alpha value is -2.29. The molecule has 0 aliphatic rings. The summed E-state index contributed by atoms with van der Waals surface area (Å²) in [6.45, 7) is 0. The second-order valence-electron chi connectivity index (χ2n) is 4.11. The van der Waals surface area contributed by atoms with Crippen molar-refractivity contribution >= 4 is 39.5 Å². The average Bonchev–Trinajstić information content (AvgIpc) is 2.49. The van der Waals surface area contributed by atoms with Crippen LogP contribution in [0.15, 0.2) is 42.9 Å². The fraction of sp³-hybridized carbons (Fsp3) is 0. The zero-order valence-electron chi connectivity index (χ0n) is 10.5. The van der Waals surface area contributed by atoms with E-state index in [1.54, 1.807) is 36.7 Å². The molecule has 6 nitrogen and oxygen atoms in total. The molecule has 3 aromatic rings. The summed E-state index contributed by atoms with van der Waals surface area (Å²) in [5.74, 6) is -0.975. The lowest BCUT2D eigenvalue weighted by Crippen LogP contribution is -2.03. The number of carbonyl (C=O) groups is 1. The van der Waals surface area contributed by atoms with Gasteiger partial charge in [0.25, 0.3) is 0 Å². The van der Waals surface area contributed by atoms with Gasteiger partial charge in [0.1, 0.15) is 5.56 Å². The van der Waals surface area contributed by atoms with Gasteiger partial charge in [0.05, 0.1) is 11.7 Å². The SMILES string of the molecule is O=C(O)c1c(Oc2ncc(I)cn2)cnc2ccccc12. The van der Waals surface area contributed by atoms with Crippen LogP contribution in [0.1, 0.15) is 10.4 Å². The maximum absolute atomic E-state index is 11.5. The highest BCUT2D eigenvalue weighted by Gasteiger charge is 2.17. The molecule has 0 aliphatic carbocycles. The van der Waals surface area contributed by atoms with Crippen molar-refractivity contribution in [2.24, 2.45) is 0 Å². The monoisotopic (exact) mass is 393 g/mol. The fourth-order valence-corrected chi connectivity index (χ4v) is 2.15. The molecule has 0 radical (unpaired) electrons. The second-order valence-corrected chi connectivity index (χ2v) is 5.35. The molecule has 2 aromatic heterocycles. The Balaban J connectivity index is 2.11. The standard InChI is InChI=1S/C14H8IN3O3/c15-8-5-17-14(18-6-8)21-11-7-16-10-4-2-1-3-9(10)12(11)13(19)20/h1-7H,(H,19,20). The summed E-state index contributed by atoms with van der Waals surface area (Å²) in [4.78, 5) is 23.7. The molecule has 21 heavy (non-hydrogen) atoms. The number of halogens is 1. The number of carboxylic acids is 1. The minimum atomic E-state index is -1.09. The van der Waals surface area contributed by atoms with Crippen LogP contribution in [-0.4, -0.2) is 26.0 Å². The Kier molecular flexibility index (Phi) is 3.65. The number of nitrogens with zero attached hydrogens (tertiary/aromatic N) is 3. The van der Waals surface area contributed by atoms with Crippen molar-refractivity contribution < 1.29 is 14.6 Å². The highest BCUT2D eigenvalue weighted by molar-refractivity contribution is 14.1. The van der Waals surface area contributed by atoms with Crippen LogP contribution in [0.5, 0.6) is 11.8 Å². The van der Waals surface area contributed by atoms with Crippen LogP contribution in [0, 0.1) is 3.57 Å². The second kappa shape index (κ2) is 5.60. The minimum absolute atomic E-state index is 0.0442. The first-order valence-corrected chi connectivity index (χ1v) is 6.99. The number of hydrogen-bond acceptors (Lipinski definition) is 5. The average molecular weight is 393 g/mol. The smallest absolute Gasteiger partial charge is 0.340 e. The van der Waals surface area contributed by atoms with Crippen molar-refractivity contribution in [3.8, 4) is 11.8 Å². The molecular weight excluding hydrogens is 385 g/mol. The number of hydrogen-bond donors (Lipinski definition) is 1. The van der Waals surface area contributed by atoms with Gasteiger partial charge in [-0.15, -0.1) is 0 Å². The van der Waals surface area contributed by atoms with Gasteiger partial charge in [-0.3, -0.25) is 4.98 Å². The number of aromatic carboxylic acids is 1. The third kappa shape index (κ3) is 2.77. The largest absolute Gasteiger partial charge is 0.478 e. The van der Waals surface area contributed by atoms with Gasteiger partial charge in [0.2, 0.25) is 0 Å². The number of pyridine rings is 1. The van der Waals surface area contributed by atoms with E-state index in [2.05, 4.69) is 37.5 Å². The molecule has 0 aliphatic heterocycles. The molecule has 0 fully saturated rings. The van der Waals surface area contributed by atoms with Crippen molar-refractivity contribution in [1.82, 2.24) is 15.0 Å². The molecule has 0 amide bonds. The first kappa shape index (κ1) is 13.7. The predicted octanol–water partition coefficient (Wildman–Crippen LogP) is 3.12. The number of aromatic nitrogens is 3. The summed E-state index contributed by atoms with van der Waals surface area (Å²) in [5.41, 5.74) is 0.633. The quantitative estimate of drug-likeness (QED) is 0.689. The van der Waals surface area contributed by atoms with E-state index in [-0.39, 0.29) is 17.3 Å². The van der Waals surface area contributed by atoms with Gasteiger partial charge < -0.3 is 9.84 Å². The van der Waals surface area contributed by atoms with Crippen molar-refractivity contribution in [1.29, 1.82) is 0 Å².